The summed E-state index contributed by atoms with van der Waals surface area (Å²) in [4.78, 5) is 50.2. The SMILES string of the molecule is CCCCC.CCN(CCN)c1ccc2c(c1)C(=O)N(C(C)CCC(=O)NC=O)C2=O. The second kappa shape index (κ2) is 13.5. The third kappa shape index (κ3) is 7.17. The van der Waals surface area contributed by atoms with Gasteiger partial charge in [-0.05, 0) is 38.5 Å². The number of benzene rings is 1. The number of unbranched alkanes of at least 4 members (excludes halogenated alkanes) is 2. The molecule has 0 saturated heterocycles. The molecule has 1 aromatic rings. The number of rotatable bonds is 11. The summed E-state index contributed by atoms with van der Waals surface area (Å²) in [7, 11) is 0. The van der Waals surface area contributed by atoms with Crippen LogP contribution in [0.2, 0.25) is 0 Å². The molecule has 1 aliphatic heterocycles. The highest BCUT2D eigenvalue weighted by molar-refractivity contribution is 6.22. The van der Waals surface area contributed by atoms with Crippen molar-refractivity contribution < 1.29 is 19.2 Å². The number of carbonyl (C=O) groups is 4. The average Bonchev–Trinajstić information content (AvgIpc) is 3.01. The molecule has 0 bridgehead atoms. The van der Waals surface area contributed by atoms with Crippen LogP contribution in [0.25, 0.3) is 0 Å². The van der Waals surface area contributed by atoms with Crippen molar-refractivity contribution in [2.24, 2.45) is 5.73 Å². The maximum atomic E-state index is 12.7. The molecule has 1 unspecified atom stereocenters. The monoisotopic (exact) mass is 432 g/mol. The number of nitrogens with two attached hydrogens (primary N) is 1. The lowest BCUT2D eigenvalue weighted by molar-refractivity contribution is -0.125. The van der Waals surface area contributed by atoms with E-state index in [0.29, 0.717) is 30.6 Å². The van der Waals surface area contributed by atoms with Gasteiger partial charge >= 0.3 is 0 Å². The van der Waals surface area contributed by atoms with Crippen LogP contribution >= 0.6 is 0 Å². The maximum absolute atomic E-state index is 12.7. The topological polar surface area (TPSA) is 113 Å². The molecule has 2 rings (SSSR count). The Morgan fingerprint density at radius 1 is 1.16 bits per heavy atom. The molecule has 31 heavy (non-hydrogen) atoms. The molecular formula is C23H36N4O4. The third-order valence-electron chi connectivity index (χ3n) is 5.20. The van der Waals surface area contributed by atoms with Crippen molar-refractivity contribution in [2.75, 3.05) is 24.5 Å². The first kappa shape index (κ1) is 26.3. The third-order valence-corrected chi connectivity index (χ3v) is 5.20. The van der Waals surface area contributed by atoms with Crippen molar-refractivity contribution >= 4 is 29.8 Å². The molecule has 8 nitrogen and oxygen atoms in total. The van der Waals surface area contributed by atoms with Crippen LogP contribution in [0.15, 0.2) is 18.2 Å². The number of hydrogen-bond donors (Lipinski definition) is 2. The van der Waals surface area contributed by atoms with Gasteiger partial charge in [0.05, 0.1) is 11.1 Å². The summed E-state index contributed by atoms with van der Waals surface area (Å²) in [5, 5.41) is 2.05. The highest BCUT2D eigenvalue weighted by Crippen LogP contribution is 2.29. The van der Waals surface area contributed by atoms with Crippen LogP contribution in [-0.4, -0.2) is 54.7 Å². The quantitative estimate of drug-likeness (QED) is 0.411. The summed E-state index contributed by atoms with van der Waals surface area (Å²) in [6.07, 6.45) is 4.73. The molecule has 1 aliphatic rings. The predicted molar refractivity (Wildman–Crippen MR) is 122 cm³/mol. The first-order chi connectivity index (χ1) is 14.9. The summed E-state index contributed by atoms with van der Waals surface area (Å²) in [5.41, 5.74) is 7.20. The molecule has 0 radical (unpaired) electrons. The van der Waals surface area contributed by atoms with Gasteiger partial charge < -0.3 is 10.6 Å². The number of amides is 4. The Kier molecular flexibility index (Phi) is 11.5. The van der Waals surface area contributed by atoms with Gasteiger partial charge in [-0.25, -0.2) is 0 Å². The van der Waals surface area contributed by atoms with Gasteiger partial charge in [0.25, 0.3) is 11.8 Å². The summed E-state index contributed by atoms with van der Waals surface area (Å²) < 4.78 is 0. The molecule has 0 fully saturated rings. The smallest absolute Gasteiger partial charge is 0.261 e. The predicted octanol–water partition coefficient (Wildman–Crippen LogP) is 2.71. The average molecular weight is 433 g/mol. The first-order valence-corrected chi connectivity index (χ1v) is 11.1. The Morgan fingerprint density at radius 2 is 1.81 bits per heavy atom. The van der Waals surface area contributed by atoms with Crippen LogP contribution in [0.4, 0.5) is 5.69 Å². The molecule has 0 saturated carbocycles. The lowest BCUT2D eigenvalue weighted by atomic mass is 10.1. The summed E-state index contributed by atoms with van der Waals surface area (Å²) in [6.45, 7) is 10.0. The highest BCUT2D eigenvalue weighted by Gasteiger charge is 2.38. The number of nitrogens with one attached hydrogen (secondary N) is 1. The second-order valence-electron chi connectivity index (χ2n) is 7.51. The van der Waals surface area contributed by atoms with E-state index >= 15 is 0 Å². The van der Waals surface area contributed by atoms with E-state index in [1.165, 1.54) is 24.2 Å². The number of carbonyl (C=O) groups excluding carboxylic acids is 4. The Morgan fingerprint density at radius 3 is 2.32 bits per heavy atom. The van der Waals surface area contributed by atoms with Crippen molar-refractivity contribution in [3.05, 3.63) is 29.3 Å². The van der Waals surface area contributed by atoms with Crippen molar-refractivity contribution in [3.8, 4) is 0 Å². The van der Waals surface area contributed by atoms with E-state index < -0.39 is 11.9 Å². The lowest BCUT2D eigenvalue weighted by Crippen LogP contribution is -2.38. The largest absolute Gasteiger partial charge is 0.371 e. The molecule has 8 heteroatoms. The van der Waals surface area contributed by atoms with Gasteiger partial charge in [0.1, 0.15) is 0 Å². The van der Waals surface area contributed by atoms with E-state index in [1.54, 1.807) is 19.1 Å². The summed E-state index contributed by atoms with van der Waals surface area (Å²) >= 11 is 0. The molecule has 0 spiro atoms. The Hall–Kier alpha value is -2.74. The standard InChI is InChI=1S/C18H24N4O4.C5H12/c1-3-21(9-8-19)13-5-6-14-15(10-13)18(26)22(17(14)25)12(2)4-7-16(24)20-11-23;1-3-5-4-2/h5-6,10-12H,3-4,7-9,19H2,1-2H3,(H,20,23,24);3-5H2,1-2H3. The zero-order chi connectivity index (χ0) is 23.4. The van der Waals surface area contributed by atoms with E-state index in [0.717, 1.165) is 12.2 Å². The molecule has 4 amide bonds. The minimum absolute atomic E-state index is 0.0542. The molecule has 1 atom stereocenters. The van der Waals surface area contributed by atoms with Crippen LogP contribution in [0.3, 0.4) is 0 Å². The molecule has 172 valence electrons. The Labute approximate surface area is 185 Å². The van der Waals surface area contributed by atoms with Crippen molar-refractivity contribution in [2.45, 2.75) is 65.8 Å². The van der Waals surface area contributed by atoms with Crippen molar-refractivity contribution in [1.29, 1.82) is 0 Å². The van der Waals surface area contributed by atoms with Crippen LogP contribution in [0, 0.1) is 0 Å². The normalized spacial score (nSPS) is 13.3. The van der Waals surface area contributed by atoms with Crippen LogP contribution in [-0.2, 0) is 9.59 Å². The van der Waals surface area contributed by atoms with Crippen LogP contribution < -0.4 is 16.0 Å². The first-order valence-electron chi connectivity index (χ1n) is 11.1. The van der Waals surface area contributed by atoms with Gasteiger partial charge in [-0.3, -0.25) is 29.4 Å². The van der Waals surface area contributed by atoms with Gasteiger partial charge in [0.15, 0.2) is 0 Å². The number of likely N-dealkylation sites (N-methyl/N-ethyl adjacent to an activating group) is 1. The molecule has 0 aromatic heterocycles. The number of imide groups is 2. The van der Waals surface area contributed by atoms with E-state index in [1.807, 2.05) is 23.2 Å². The fraction of sp³-hybridized carbons (Fsp3) is 0.565. The Balaban J connectivity index is 0.000000861. The second-order valence-corrected chi connectivity index (χ2v) is 7.51. The van der Waals surface area contributed by atoms with Gasteiger partial charge in [0, 0.05) is 37.8 Å². The highest BCUT2D eigenvalue weighted by atomic mass is 16.2. The van der Waals surface area contributed by atoms with E-state index in [2.05, 4.69) is 13.8 Å². The number of hydrogen-bond acceptors (Lipinski definition) is 6. The van der Waals surface area contributed by atoms with Crippen molar-refractivity contribution in [1.82, 2.24) is 10.2 Å². The van der Waals surface area contributed by atoms with Crippen molar-refractivity contribution in [3.63, 3.8) is 0 Å². The minimum Gasteiger partial charge on any atom is -0.371 e. The zero-order valence-corrected chi connectivity index (χ0v) is 19.1. The number of fused-ring (bicyclic) bond motifs is 1. The zero-order valence-electron chi connectivity index (χ0n) is 19.1. The van der Waals surface area contributed by atoms with Crippen LogP contribution in [0.1, 0.15) is 80.5 Å². The van der Waals surface area contributed by atoms with E-state index in [-0.39, 0.29) is 24.7 Å². The molecule has 1 heterocycles. The summed E-state index contributed by atoms with van der Waals surface area (Å²) in [5.74, 6) is -1.16. The number of nitrogens with zero attached hydrogens (tertiary/aromatic N) is 2. The Bertz CT molecular complexity index is 764. The fourth-order valence-electron chi connectivity index (χ4n) is 3.43. The molecular weight excluding hydrogens is 396 g/mol. The van der Waals surface area contributed by atoms with Crippen LogP contribution in [0.5, 0.6) is 0 Å². The van der Waals surface area contributed by atoms with E-state index in [9.17, 15) is 19.2 Å². The maximum Gasteiger partial charge on any atom is 0.261 e. The fourth-order valence-corrected chi connectivity index (χ4v) is 3.43. The molecule has 0 aliphatic carbocycles. The van der Waals surface area contributed by atoms with Gasteiger partial charge in [0.2, 0.25) is 12.3 Å². The lowest BCUT2D eigenvalue weighted by Gasteiger charge is -2.23. The van der Waals surface area contributed by atoms with Gasteiger partial charge in [-0.1, -0.05) is 33.1 Å². The molecule has 1 aromatic carbocycles. The molecule has 3 N–H and O–H groups in total. The van der Waals surface area contributed by atoms with Gasteiger partial charge in [-0.2, -0.15) is 0 Å². The van der Waals surface area contributed by atoms with E-state index in [4.69, 9.17) is 5.73 Å². The minimum atomic E-state index is -0.449. The number of anilines is 1. The summed E-state index contributed by atoms with van der Waals surface area (Å²) in [6, 6.07) is 4.75. The van der Waals surface area contributed by atoms with Gasteiger partial charge in [-0.15, -0.1) is 0 Å².